The number of aliphatic hydroxyl groups excluding tert-OH is 1. The second kappa shape index (κ2) is 4.84. The number of fused-ring (bicyclic) bond motifs is 5. The molecule has 7 atom stereocenters. The lowest BCUT2D eigenvalue weighted by Crippen LogP contribution is -2.52. The van der Waals surface area contributed by atoms with Gasteiger partial charge in [-0.2, -0.15) is 0 Å². The number of Topliss-reactive ketones (excluding diaryl/α,β-unsaturated/α-hetero) is 1. The van der Waals surface area contributed by atoms with Gasteiger partial charge in [-0.3, -0.25) is 4.79 Å². The van der Waals surface area contributed by atoms with Crippen molar-refractivity contribution >= 4 is 21.7 Å². The van der Waals surface area contributed by atoms with Crippen LogP contribution in [0.5, 0.6) is 0 Å². The number of halogens is 1. The van der Waals surface area contributed by atoms with Crippen LogP contribution in [0.4, 0.5) is 0 Å². The number of aliphatic hydroxyl groups is 1. The normalized spacial score (nSPS) is 54.2. The van der Waals surface area contributed by atoms with E-state index in [4.69, 9.17) is 0 Å². The maximum atomic E-state index is 12.7. The summed E-state index contributed by atoms with van der Waals surface area (Å²) in [6.45, 7) is 4.70. The van der Waals surface area contributed by atoms with Gasteiger partial charge in [0, 0.05) is 11.8 Å². The zero-order chi connectivity index (χ0) is 15.7. The molecule has 0 heterocycles. The van der Waals surface area contributed by atoms with Crippen molar-refractivity contribution in [2.24, 2.45) is 34.5 Å². The van der Waals surface area contributed by atoms with Crippen LogP contribution < -0.4 is 0 Å². The predicted molar refractivity (Wildman–Crippen MR) is 90.9 cm³/mol. The topological polar surface area (TPSA) is 37.3 Å². The van der Waals surface area contributed by atoms with Crippen molar-refractivity contribution in [2.45, 2.75) is 63.6 Å². The van der Waals surface area contributed by atoms with Crippen molar-refractivity contribution in [2.75, 3.05) is 0 Å². The first-order valence-corrected chi connectivity index (χ1v) is 9.84. The summed E-state index contributed by atoms with van der Waals surface area (Å²) in [7, 11) is 0. The fourth-order valence-corrected chi connectivity index (χ4v) is 7.54. The summed E-state index contributed by atoms with van der Waals surface area (Å²) in [6, 6.07) is 0. The largest absolute Gasteiger partial charge is 0.513 e. The van der Waals surface area contributed by atoms with Gasteiger partial charge >= 0.3 is 0 Å². The van der Waals surface area contributed by atoms with E-state index in [1.165, 1.54) is 19.3 Å². The molecule has 2 nitrogen and oxygen atoms in total. The van der Waals surface area contributed by atoms with Gasteiger partial charge in [0.05, 0.1) is 10.6 Å². The summed E-state index contributed by atoms with van der Waals surface area (Å²) in [6.07, 6.45) is 9.76. The van der Waals surface area contributed by atoms with Gasteiger partial charge in [-0.05, 0) is 73.7 Å². The number of carbonyl (C=O) groups excluding carboxylic acids is 1. The average Bonchev–Trinajstić information content (AvgIpc) is 2.72. The molecule has 0 amide bonds. The second-order valence-electron chi connectivity index (χ2n) is 8.78. The van der Waals surface area contributed by atoms with E-state index >= 15 is 0 Å². The Hall–Kier alpha value is -0.310. The standard InChI is InChI=1S/C19H27BrO2/c1-18-7-5-12(21)9-11(18)3-4-13-14(18)6-8-19(2)15(13)10-16(20)17(19)22/h5,11,13-16,21H,3-4,6-10H2,1-2H3/t11-,13+,14-,15-,16-,18-,19-/m0/s1. The lowest BCUT2D eigenvalue weighted by Gasteiger charge is -2.58. The maximum absolute atomic E-state index is 12.7. The summed E-state index contributed by atoms with van der Waals surface area (Å²) in [5.41, 5.74) is 0.259. The van der Waals surface area contributed by atoms with E-state index in [1.807, 2.05) is 0 Å². The van der Waals surface area contributed by atoms with E-state index in [9.17, 15) is 9.90 Å². The van der Waals surface area contributed by atoms with Crippen molar-refractivity contribution in [1.29, 1.82) is 0 Å². The number of rotatable bonds is 0. The zero-order valence-electron chi connectivity index (χ0n) is 13.6. The number of hydrogen-bond donors (Lipinski definition) is 1. The summed E-state index contributed by atoms with van der Waals surface area (Å²) >= 11 is 3.64. The Kier molecular flexibility index (Phi) is 3.35. The molecule has 0 unspecified atom stereocenters. The lowest BCUT2D eigenvalue weighted by atomic mass is 9.46. The second-order valence-corrected chi connectivity index (χ2v) is 9.89. The third-order valence-electron chi connectivity index (χ3n) is 8.00. The van der Waals surface area contributed by atoms with Crippen LogP contribution in [0.3, 0.4) is 0 Å². The number of alkyl halides is 1. The Morgan fingerprint density at radius 1 is 1.23 bits per heavy atom. The monoisotopic (exact) mass is 366 g/mol. The van der Waals surface area contributed by atoms with E-state index in [-0.39, 0.29) is 10.2 Å². The molecular formula is C19H27BrO2. The molecule has 0 spiro atoms. The number of hydrogen-bond acceptors (Lipinski definition) is 2. The van der Waals surface area contributed by atoms with Gasteiger partial charge in [-0.25, -0.2) is 0 Å². The van der Waals surface area contributed by atoms with Gasteiger partial charge in [-0.1, -0.05) is 29.8 Å². The number of allylic oxidation sites excluding steroid dienone is 2. The molecule has 4 aliphatic rings. The third kappa shape index (κ3) is 1.87. The predicted octanol–water partition coefficient (Wildman–Crippen LogP) is 5.02. The summed E-state index contributed by atoms with van der Waals surface area (Å²) in [4.78, 5) is 12.7. The highest BCUT2D eigenvalue weighted by atomic mass is 79.9. The quantitative estimate of drug-likeness (QED) is 0.610. The van der Waals surface area contributed by atoms with E-state index in [0.29, 0.717) is 34.7 Å². The Bertz CT molecular complexity index is 542. The van der Waals surface area contributed by atoms with Crippen LogP contribution >= 0.6 is 15.9 Å². The van der Waals surface area contributed by atoms with E-state index in [2.05, 4.69) is 35.9 Å². The molecule has 0 aliphatic heterocycles. The van der Waals surface area contributed by atoms with Crippen molar-refractivity contribution in [3.63, 3.8) is 0 Å². The van der Waals surface area contributed by atoms with Gasteiger partial charge in [-0.15, -0.1) is 0 Å². The van der Waals surface area contributed by atoms with Crippen LogP contribution in [0.15, 0.2) is 11.8 Å². The highest BCUT2D eigenvalue weighted by molar-refractivity contribution is 9.10. The van der Waals surface area contributed by atoms with Crippen molar-refractivity contribution in [1.82, 2.24) is 0 Å². The van der Waals surface area contributed by atoms with Gasteiger partial charge in [0.2, 0.25) is 0 Å². The molecule has 0 aromatic heterocycles. The molecule has 3 fully saturated rings. The molecule has 4 rings (SSSR count). The van der Waals surface area contributed by atoms with E-state index < -0.39 is 0 Å². The Balaban J connectivity index is 1.67. The highest BCUT2D eigenvalue weighted by Crippen LogP contribution is 2.65. The minimum absolute atomic E-state index is 0.0782. The molecule has 3 saturated carbocycles. The third-order valence-corrected chi connectivity index (χ3v) is 8.79. The molecule has 0 saturated heterocycles. The molecule has 1 N–H and O–H groups in total. The van der Waals surface area contributed by atoms with Gasteiger partial charge < -0.3 is 5.11 Å². The number of carbonyl (C=O) groups is 1. The molecule has 0 radical (unpaired) electrons. The molecule has 22 heavy (non-hydrogen) atoms. The summed E-state index contributed by atoms with van der Waals surface area (Å²) < 4.78 is 0. The molecule has 0 bridgehead atoms. The number of ketones is 1. The lowest BCUT2D eigenvalue weighted by molar-refractivity contribution is -0.136. The van der Waals surface area contributed by atoms with Crippen LogP contribution in [0.2, 0.25) is 0 Å². The van der Waals surface area contributed by atoms with Crippen LogP contribution in [-0.2, 0) is 4.79 Å². The molecule has 0 aromatic rings. The maximum Gasteiger partial charge on any atom is 0.152 e. The average molecular weight is 367 g/mol. The zero-order valence-corrected chi connectivity index (χ0v) is 15.2. The first-order valence-electron chi connectivity index (χ1n) is 8.92. The highest BCUT2D eigenvalue weighted by Gasteiger charge is 2.61. The Labute approximate surface area is 141 Å². The smallest absolute Gasteiger partial charge is 0.152 e. The molecular weight excluding hydrogens is 340 g/mol. The molecule has 0 aromatic carbocycles. The minimum Gasteiger partial charge on any atom is -0.513 e. The fourth-order valence-electron chi connectivity index (χ4n) is 6.61. The first kappa shape index (κ1) is 15.2. The van der Waals surface area contributed by atoms with Crippen molar-refractivity contribution < 1.29 is 9.90 Å². The first-order chi connectivity index (χ1) is 10.4. The van der Waals surface area contributed by atoms with Crippen LogP contribution in [0.1, 0.15) is 58.8 Å². The molecule has 3 heteroatoms. The fraction of sp³-hybridized carbons (Fsp3) is 0.842. The minimum atomic E-state index is -0.0782. The summed E-state index contributed by atoms with van der Waals surface area (Å²) in [5.74, 6) is 3.72. The van der Waals surface area contributed by atoms with Crippen LogP contribution in [0.25, 0.3) is 0 Å². The summed E-state index contributed by atoms with van der Waals surface area (Å²) in [5, 5.41) is 9.93. The van der Waals surface area contributed by atoms with E-state index in [1.54, 1.807) is 0 Å². The Morgan fingerprint density at radius 2 is 2.00 bits per heavy atom. The SMILES string of the molecule is C[C@]12CC=C(O)C[C@@H]1CC[C@@H]1[C@@H]2CC[C@]2(C)C(=O)[C@@H](Br)C[C@@H]12. The molecule has 122 valence electrons. The van der Waals surface area contributed by atoms with Crippen molar-refractivity contribution in [3.05, 3.63) is 11.8 Å². The van der Waals surface area contributed by atoms with Gasteiger partial charge in [0.25, 0.3) is 0 Å². The van der Waals surface area contributed by atoms with Crippen LogP contribution in [0, 0.1) is 34.5 Å². The van der Waals surface area contributed by atoms with Gasteiger partial charge in [0.15, 0.2) is 5.78 Å². The Morgan fingerprint density at radius 3 is 2.77 bits per heavy atom. The van der Waals surface area contributed by atoms with Gasteiger partial charge in [0.1, 0.15) is 0 Å². The van der Waals surface area contributed by atoms with E-state index in [0.717, 1.165) is 31.6 Å². The van der Waals surface area contributed by atoms with Crippen molar-refractivity contribution in [3.8, 4) is 0 Å². The van der Waals surface area contributed by atoms with Crippen LogP contribution in [-0.4, -0.2) is 15.7 Å². The molecule has 4 aliphatic carbocycles.